The lowest BCUT2D eigenvalue weighted by Crippen LogP contribution is -2.35. The number of allylic oxidation sites excluding steroid dienone is 1. The van der Waals surface area contributed by atoms with E-state index in [-0.39, 0.29) is 0 Å². The van der Waals surface area contributed by atoms with E-state index < -0.39 is 0 Å². The molecule has 0 N–H and O–H groups in total. The first-order valence-electron chi connectivity index (χ1n) is 7.74. The monoisotopic (exact) mass is 337 g/mol. The number of para-hydroxylation sites is 1. The van der Waals surface area contributed by atoms with Crippen molar-refractivity contribution in [3.8, 4) is 6.07 Å². The van der Waals surface area contributed by atoms with Crippen molar-refractivity contribution in [2.24, 2.45) is 0 Å². The summed E-state index contributed by atoms with van der Waals surface area (Å²) in [7, 11) is 0. The molecule has 4 rings (SSSR count). The van der Waals surface area contributed by atoms with E-state index in [9.17, 15) is 5.26 Å². The molecular formula is C18H15N3O2S. The average molecular weight is 337 g/mol. The lowest BCUT2D eigenvalue weighted by atomic mass is 10.2. The number of ether oxygens (including phenoxy) is 1. The van der Waals surface area contributed by atoms with Crippen molar-refractivity contribution in [1.82, 2.24) is 4.98 Å². The zero-order chi connectivity index (χ0) is 16.4. The molecular weight excluding hydrogens is 322 g/mol. The van der Waals surface area contributed by atoms with Gasteiger partial charge in [0, 0.05) is 25.2 Å². The van der Waals surface area contributed by atoms with E-state index >= 15 is 0 Å². The fourth-order valence-electron chi connectivity index (χ4n) is 2.64. The molecule has 2 aromatic heterocycles. The Morgan fingerprint density at radius 1 is 1.21 bits per heavy atom. The Morgan fingerprint density at radius 3 is 2.83 bits per heavy atom. The van der Waals surface area contributed by atoms with Crippen LogP contribution in [0.4, 0.5) is 5.88 Å². The number of thiazole rings is 1. The van der Waals surface area contributed by atoms with E-state index in [1.165, 1.54) is 11.3 Å². The summed E-state index contributed by atoms with van der Waals surface area (Å²) in [6.45, 7) is 3.06. The number of nitriles is 1. The highest BCUT2D eigenvalue weighted by molar-refractivity contribution is 7.19. The number of nitrogens with zero attached hydrogens (tertiary/aromatic N) is 3. The van der Waals surface area contributed by atoms with E-state index in [0.717, 1.165) is 29.2 Å². The maximum absolute atomic E-state index is 9.50. The molecule has 1 aromatic carbocycles. The first-order valence-corrected chi connectivity index (χ1v) is 8.55. The molecule has 0 unspecified atom stereocenters. The zero-order valence-electron chi connectivity index (χ0n) is 12.9. The lowest BCUT2D eigenvalue weighted by molar-refractivity contribution is 0.120. The summed E-state index contributed by atoms with van der Waals surface area (Å²) in [5.74, 6) is 1.47. The van der Waals surface area contributed by atoms with Crippen molar-refractivity contribution in [1.29, 1.82) is 5.26 Å². The topological polar surface area (TPSA) is 62.3 Å². The van der Waals surface area contributed by atoms with Crippen LogP contribution in [0.2, 0.25) is 0 Å². The van der Waals surface area contributed by atoms with Crippen LogP contribution in [0.5, 0.6) is 0 Å². The molecule has 0 radical (unpaired) electrons. The highest BCUT2D eigenvalue weighted by Gasteiger charge is 2.15. The number of rotatable bonds is 3. The van der Waals surface area contributed by atoms with Crippen LogP contribution < -0.4 is 4.90 Å². The number of anilines is 1. The third-order valence-corrected chi connectivity index (χ3v) is 4.94. The first kappa shape index (κ1) is 14.9. The van der Waals surface area contributed by atoms with Crippen LogP contribution in [0.25, 0.3) is 21.9 Å². The van der Waals surface area contributed by atoms with Gasteiger partial charge in [0.15, 0.2) is 5.88 Å². The number of hydrogen-bond donors (Lipinski definition) is 0. The standard InChI is InChI=1S/C18H15N3O2S/c19-12-13(18-20-15-3-1-2-4-16(15)24-18)11-14-5-6-17(23-14)21-7-9-22-10-8-21/h1-6,11H,7-10H2. The Labute approximate surface area is 143 Å². The molecule has 0 aliphatic carbocycles. The number of aromatic nitrogens is 1. The predicted octanol–water partition coefficient (Wildman–Crippen LogP) is 3.79. The summed E-state index contributed by atoms with van der Waals surface area (Å²) < 4.78 is 12.3. The molecule has 6 heteroatoms. The van der Waals surface area contributed by atoms with E-state index in [0.29, 0.717) is 29.6 Å². The number of furan rings is 1. The Bertz CT molecular complexity index is 896. The van der Waals surface area contributed by atoms with Gasteiger partial charge < -0.3 is 14.1 Å². The van der Waals surface area contributed by atoms with Crippen molar-refractivity contribution >= 4 is 39.1 Å². The highest BCUT2D eigenvalue weighted by Crippen LogP contribution is 2.29. The number of benzene rings is 1. The van der Waals surface area contributed by atoms with E-state index in [2.05, 4.69) is 16.0 Å². The quantitative estimate of drug-likeness (QED) is 0.681. The van der Waals surface area contributed by atoms with Gasteiger partial charge >= 0.3 is 0 Å². The van der Waals surface area contributed by atoms with Crippen molar-refractivity contribution < 1.29 is 9.15 Å². The number of fused-ring (bicyclic) bond motifs is 1. The minimum Gasteiger partial charge on any atom is -0.441 e. The number of morpholine rings is 1. The largest absolute Gasteiger partial charge is 0.441 e. The van der Waals surface area contributed by atoms with Crippen molar-refractivity contribution in [3.05, 3.63) is 47.2 Å². The maximum Gasteiger partial charge on any atom is 0.196 e. The molecule has 1 aliphatic rings. The van der Waals surface area contributed by atoms with Crippen LogP contribution in [0.1, 0.15) is 10.8 Å². The molecule has 1 aliphatic heterocycles. The van der Waals surface area contributed by atoms with Crippen LogP contribution in [-0.2, 0) is 4.74 Å². The molecule has 3 aromatic rings. The first-order chi connectivity index (χ1) is 11.8. The SMILES string of the molecule is N#CC(=Cc1ccc(N2CCOCC2)o1)c1nc2ccccc2s1. The molecule has 0 amide bonds. The second-order valence-corrected chi connectivity index (χ2v) is 6.46. The van der Waals surface area contributed by atoms with Gasteiger partial charge in [-0.15, -0.1) is 11.3 Å². The van der Waals surface area contributed by atoms with E-state index in [1.54, 1.807) is 6.08 Å². The van der Waals surface area contributed by atoms with Gasteiger partial charge in [-0.05, 0) is 18.2 Å². The third-order valence-electron chi connectivity index (χ3n) is 3.87. The third kappa shape index (κ3) is 2.92. The van der Waals surface area contributed by atoms with E-state index in [4.69, 9.17) is 9.15 Å². The minimum atomic E-state index is 0.513. The molecule has 0 spiro atoms. The van der Waals surface area contributed by atoms with Gasteiger partial charge in [0.1, 0.15) is 16.8 Å². The van der Waals surface area contributed by atoms with Gasteiger partial charge in [0.25, 0.3) is 0 Å². The molecule has 1 fully saturated rings. The normalized spacial score (nSPS) is 15.6. The van der Waals surface area contributed by atoms with Crippen LogP contribution in [0.3, 0.4) is 0 Å². The average Bonchev–Trinajstić information content (AvgIpc) is 3.27. The summed E-state index contributed by atoms with van der Waals surface area (Å²) >= 11 is 1.51. The van der Waals surface area contributed by atoms with Crippen molar-refractivity contribution in [2.45, 2.75) is 0 Å². The summed E-state index contributed by atoms with van der Waals surface area (Å²) in [6, 6.07) is 13.9. The lowest BCUT2D eigenvalue weighted by Gasteiger charge is -2.26. The van der Waals surface area contributed by atoms with Crippen LogP contribution in [0, 0.1) is 11.3 Å². The fourth-order valence-corrected chi connectivity index (χ4v) is 3.58. The minimum absolute atomic E-state index is 0.513. The van der Waals surface area contributed by atoms with Gasteiger partial charge in [-0.2, -0.15) is 5.26 Å². The molecule has 120 valence electrons. The Morgan fingerprint density at radius 2 is 2.04 bits per heavy atom. The molecule has 0 bridgehead atoms. The second-order valence-electron chi connectivity index (χ2n) is 5.43. The fraction of sp³-hybridized carbons (Fsp3) is 0.222. The van der Waals surface area contributed by atoms with Crippen molar-refractivity contribution in [2.75, 3.05) is 31.2 Å². The highest BCUT2D eigenvalue weighted by atomic mass is 32.1. The Kier molecular flexibility index (Phi) is 4.03. The predicted molar refractivity (Wildman–Crippen MR) is 94.8 cm³/mol. The summed E-state index contributed by atoms with van der Waals surface area (Å²) in [4.78, 5) is 6.68. The second kappa shape index (κ2) is 6.48. The van der Waals surface area contributed by atoms with E-state index in [1.807, 2.05) is 36.4 Å². The molecule has 0 atom stereocenters. The number of hydrogen-bond acceptors (Lipinski definition) is 6. The summed E-state index contributed by atoms with van der Waals surface area (Å²) in [6.07, 6.45) is 1.75. The van der Waals surface area contributed by atoms with Gasteiger partial charge in [-0.25, -0.2) is 4.98 Å². The maximum atomic E-state index is 9.50. The van der Waals surface area contributed by atoms with Gasteiger partial charge in [0.2, 0.25) is 0 Å². The van der Waals surface area contributed by atoms with Gasteiger partial charge in [-0.1, -0.05) is 12.1 Å². The molecule has 0 saturated carbocycles. The van der Waals surface area contributed by atoms with Crippen molar-refractivity contribution in [3.63, 3.8) is 0 Å². The van der Waals surface area contributed by atoms with Gasteiger partial charge in [-0.3, -0.25) is 0 Å². The zero-order valence-corrected chi connectivity index (χ0v) is 13.8. The molecule has 24 heavy (non-hydrogen) atoms. The summed E-state index contributed by atoms with van der Waals surface area (Å²) in [5, 5.41) is 10.2. The van der Waals surface area contributed by atoms with Gasteiger partial charge in [0.05, 0.1) is 29.0 Å². The van der Waals surface area contributed by atoms with Crippen LogP contribution in [0.15, 0.2) is 40.8 Å². The molecule has 1 saturated heterocycles. The molecule has 5 nitrogen and oxygen atoms in total. The Hall–Kier alpha value is -2.62. The smallest absolute Gasteiger partial charge is 0.196 e. The Balaban J connectivity index is 1.63. The van der Waals surface area contributed by atoms with Crippen LogP contribution in [-0.4, -0.2) is 31.3 Å². The molecule has 3 heterocycles. The summed E-state index contributed by atoms with van der Waals surface area (Å²) in [5.41, 5.74) is 1.42. The van der Waals surface area contributed by atoms with Crippen LogP contribution >= 0.6 is 11.3 Å².